The van der Waals surface area contributed by atoms with Crippen molar-refractivity contribution < 1.29 is 17.2 Å². The molecule has 4 aromatic rings. The number of hydrogen-bond donors (Lipinski definition) is 0. The molecule has 2 aromatic heterocycles. The zero-order chi connectivity index (χ0) is 16.7. The number of furan rings is 1. The first-order valence-corrected chi connectivity index (χ1v) is 8.83. The number of rotatable bonds is 3. The minimum Gasteiger partial charge on any atom is -0.456 e. The minimum atomic E-state index is -4.26. The molecule has 0 aliphatic heterocycles. The average molecular weight is 341 g/mol. The highest BCUT2D eigenvalue weighted by Gasteiger charge is 2.32. The molecule has 0 saturated heterocycles. The number of hydrogen-bond acceptors (Lipinski definition) is 4. The summed E-state index contributed by atoms with van der Waals surface area (Å²) in [6.45, 7) is 0. The number of aromatic nitrogens is 1. The molecular weight excluding hydrogens is 329 g/mol. The number of fused-ring (bicyclic) bond motifs is 3. The van der Waals surface area contributed by atoms with Crippen molar-refractivity contribution in [2.75, 3.05) is 0 Å². The number of benzene rings is 2. The third-order valence-electron chi connectivity index (χ3n) is 3.88. The number of sulfone groups is 1. The zero-order valence-corrected chi connectivity index (χ0v) is 13.2. The molecule has 120 valence electrons. The Kier molecular flexibility index (Phi) is 3.35. The van der Waals surface area contributed by atoms with Crippen LogP contribution in [0.1, 0.15) is 11.1 Å². The maximum Gasteiger partial charge on any atom is 0.235 e. The summed E-state index contributed by atoms with van der Waals surface area (Å²) in [5.41, 5.74) is -1.45. The molecule has 2 heterocycles. The van der Waals surface area contributed by atoms with Crippen LogP contribution in [0.25, 0.3) is 21.9 Å². The molecule has 4 rings (SSSR count). The van der Waals surface area contributed by atoms with Crippen LogP contribution in [0.4, 0.5) is 4.39 Å². The Morgan fingerprint density at radius 3 is 2.46 bits per heavy atom. The third kappa shape index (κ3) is 2.18. The van der Waals surface area contributed by atoms with Crippen LogP contribution in [0.15, 0.2) is 76.3 Å². The van der Waals surface area contributed by atoms with Crippen molar-refractivity contribution in [3.63, 3.8) is 0 Å². The number of alkyl halides is 1. The number of para-hydroxylation sites is 2. The Morgan fingerprint density at radius 2 is 1.67 bits per heavy atom. The van der Waals surface area contributed by atoms with Crippen molar-refractivity contribution in [3.05, 3.63) is 72.4 Å². The largest absolute Gasteiger partial charge is 0.456 e. The topological polar surface area (TPSA) is 60.2 Å². The normalized spacial score (nSPS) is 13.4. The molecule has 2 aromatic carbocycles. The first-order valence-electron chi connectivity index (χ1n) is 7.28. The molecule has 0 saturated carbocycles. The Labute approximate surface area is 137 Å². The van der Waals surface area contributed by atoms with Crippen LogP contribution >= 0.6 is 0 Å². The maximum absolute atomic E-state index is 15.0. The van der Waals surface area contributed by atoms with E-state index >= 15 is 0 Å². The Morgan fingerprint density at radius 1 is 0.917 bits per heavy atom. The second-order valence-corrected chi connectivity index (χ2v) is 7.27. The van der Waals surface area contributed by atoms with Crippen LogP contribution in [-0.4, -0.2) is 13.4 Å². The summed E-state index contributed by atoms with van der Waals surface area (Å²) < 4.78 is 45.7. The van der Waals surface area contributed by atoms with Gasteiger partial charge in [0.05, 0.1) is 0 Å². The summed E-state index contributed by atoms with van der Waals surface area (Å²) in [6, 6.07) is 16.5. The van der Waals surface area contributed by atoms with Gasteiger partial charge in [0, 0.05) is 22.5 Å². The van der Waals surface area contributed by atoms with Gasteiger partial charge in [-0.3, -0.25) is 0 Å². The first kappa shape index (κ1) is 14.8. The molecule has 0 amide bonds. The van der Waals surface area contributed by atoms with E-state index in [1.54, 1.807) is 24.3 Å². The Hall–Kier alpha value is -2.73. The van der Waals surface area contributed by atoms with E-state index in [1.807, 2.05) is 18.2 Å². The standard InChI is InChI=1S/C18H12FNO3S/c19-18(24(21,22)16-10-3-4-11-20-16)14-8-5-7-13-12-6-1-2-9-15(12)23-17(13)14/h1-11,18H. The van der Waals surface area contributed by atoms with Gasteiger partial charge >= 0.3 is 0 Å². The predicted octanol–water partition coefficient (Wildman–Crippen LogP) is 4.42. The smallest absolute Gasteiger partial charge is 0.235 e. The zero-order valence-electron chi connectivity index (χ0n) is 12.4. The summed E-state index contributed by atoms with van der Waals surface area (Å²) in [5, 5.41) is 1.20. The van der Waals surface area contributed by atoms with Gasteiger partial charge in [0.2, 0.25) is 15.3 Å². The summed E-state index contributed by atoms with van der Waals surface area (Å²) in [5.74, 6) is 0. The lowest BCUT2D eigenvalue weighted by molar-refractivity contribution is 0.428. The lowest BCUT2D eigenvalue weighted by Gasteiger charge is -2.10. The summed E-state index contributed by atoms with van der Waals surface area (Å²) in [4.78, 5) is 3.76. The van der Waals surface area contributed by atoms with E-state index in [2.05, 4.69) is 4.98 Å². The van der Waals surface area contributed by atoms with E-state index in [0.717, 1.165) is 5.39 Å². The van der Waals surface area contributed by atoms with Crippen molar-refractivity contribution >= 4 is 31.8 Å². The Bertz CT molecular complexity index is 1140. The second-order valence-electron chi connectivity index (χ2n) is 5.35. The van der Waals surface area contributed by atoms with Gasteiger partial charge in [0.15, 0.2) is 5.03 Å². The fourth-order valence-electron chi connectivity index (χ4n) is 2.74. The van der Waals surface area contributed by atoms with Crippen LogP contribution in [0.5, 0.6) is 0 Å². The molecule has 0 spiro atoms. The number of nitrogens with zero attached hydrogens (tertiary/aromatic N) is 1. The van der Waals surface area contributed by atoms with Crippen molar-refractivity contribution in [3.8, 4) is 0 Å². The molecule has 1 atom stereocenters. The van der Waals surface area contributed by atoms with E-state index in [-0.39, 0.29) is 16.2 Å². The molecule has 0 N–H and O–H groups in total. The fourth-order valence-corrected chi connectivity index (χ4v) is 3.94. The average Bonchev–Trinajstić information content (AvgIpc) is 3.00. The highest BCUT2D eigenvalue weighted by Crippen LogP contribution is 2.37. The summed E-state index contributed by atoms with van der Waals surface area (Å²) in [6.07, 6.45) is 1.32. The predicted molar refractivity (Wildman–Crippen MR) is 89.0 cm³/mol. The van der Waals surface area contributed by atoms with E-state index in [1.165, 1.54) is 24.4 Å². The Balaban J connectivity index is 1.93. The summed E-state index contributed by atoms with van der Waals surface area (Å²) in [7, 11) is -4.26. The van der Waals surface area contributed by atoms with Crippen molar-refractivity contribution in [2.45, 2.75) is 10.5 Å². The van der Waals surface area contributed by atoms with E-state index in [4.69, 9.17) is 4.42 Å². The van der Waals surface area contributed by atoms with Crippen LogP contribution in [0.3, 0.4) is 0 Å². The molecule has 24 heavy (non-hydrogen) atoms. The first-order chi connectivity index (χ1) is 11.6. The van der Waals surface area contributed by atoms with E-state index < -0.39 is 15.3 Å². The fraction of sp³-hybridized carbons (Fsp3) is 0.0556. The van der Waals surface area contributed by atoms with Gasteiger partial charge < -0.3 is 4.42 Å². The molecule has 4 nitrogen and oxygen atoms in total. The third-order valence-corrected chi connectivity index (χ3v) is 5.50. The lowest BCUT2D eigenvalue weighted by atomic mass is 10.1. The van der Waals surface area contributed by atoms with Crippen LogP contribution in [0, 0.1) is 0 Å². The maximum atomic E-state index is 15.0. The molecule has 0 radical (unpaired) electrons. The molecule has 6 heteroatoms. The number of halogens is 1. The monoisotopic (exact) mass is 341 g/mol. The quantitative estimate of drug-likeness (QED) is 0.553. The van der Waals surface area contributed by atoms with Gasteiger partial charge in [0.1, 0.15) is 11.2 Å². The number of pyridine rings is 1. The van der Waals surface area contributed by atoms with E-state index in [0.29, 0.717) is 11.0 Å². The van der Waals surface area contributed by atoms with Crippen LogP contribution < -0.4 is 0 Å². The second kappa shape index (κ2) is 5.42. The van der Waals surface area contributed by atoms with Crippen LogP contribution in [-0.2, 0) is 9.84 Å². The molecule has 1 unspecified atom stereocenters. The van der Waals surface area contributed by atoms with E-state index in [9.17, 15) is 12.8 Å². The van der Waals surface area contributed by atoms with Crippen molar-refractivity contribution in [2.24, 2.45) is 0 Å². The van der Waals surface area contributed by atoms with Gasteiger partial charge in [-0.1, -0.05) is 42.5 Å². The highest BCUT2D eigenvalue weighted by atomic mass is 32.2. The molecule has 0 bridgehead atoms. The summed E-state index contributed by atoms with van der Waals surface area (Å²) >= 11 is 0. The molecule has 0 fully saturated rings. The SMILES string of the molecule is O=S(=O)(c1ccccn1)C(F)c1cccc2c1oc1ccccc12. The van der Waals surface area contributed by atoms with Gasteiger partial charge in [0.25, 0.3) is 0 Å². The van der Waals surface area contributed by atoms with Gasteiger partial charge in [-0.2, -0.15) is 0 Å². The molecule has 0 aliphatic carbocycles. The highest BCUT2D eigenvalue weighted by molar-refractivity contribution is 7.91. The molecular formula is C18H12FNO3S. The lowest BCUT2D eigenvalue weighted by Crippen LogP contribution is -2.11. The van der Waals surface area contributed by atoms with Crippen LogP contribution in [0.2, 0.25) is 0 Å². The van der Waals surface area contributed by atoms with Gasteiger partial charge in [-0.25, -0.2) is 17.8 Å². The van der Waals surface area contributed by atoms with Crippen molar-refractivity contribution in [1.82, 2.24) is 4.98 Å². The van der Waals surface area contributed by atoms with Crippen molar-refractivity contribution in [1.29, 1.82) is 0 Å². The van der Waals surface area contributed by atoms with Gasteiger partial charge in [-0.05, 0) is 18.2 Å². The van der Waals surface area contributed by atoms with Gasteiger partial charge in [-0.15, -0.1) is 0 Å². The minimum absolute atomic E-state index is 0.0191. The molecule has 0 aliphatic rings.